The Morgan fingerprint density at radius 2 is 2.23 bits per heavy atom. The maximum absolute atomic E-state index is 12.2. The maximum Gasteiger partial charge on any atom is 0.271 e. The third-order valence-corrected chi connectivity index (χ3v) is 1.81. The summed E-state index contributed by atoms with van der Waals surface area (Å²) in [4.78, 5) is 13.4. The second-order valence-electron chi connectivity index (χ2n) is 2.42. The molecular weight excluding hydrogens is 202 g/mol. The summed E-state index contributed by atoms with van der Waals surface area (Å²) in [7, 11) is 0. The third-order valence-electron chi connectivity index (χ3n) is 1.52. The lowest BCUT2D eigenvalue weighted by atomic mass is 10.2. The van der Waals surface area contributed by atoms with Gasteiger partial charge < -0.3 is 10.7 Å². The van der Waals surface area contributed by atoms with Gasteiger partial charge in [0.1, 0.15) is 11.4 Å². The standard InChI is InChI=1S/C7H7ClF2N2O/c8-2-3-1-4(13)5(6(9)10)7(11)12-3/h1,6H,2H2,(H3,11,12,13). The summed E-state index contributed by atoms with van der Waals surface area (Å²) in [5, 5.41) is 0. The number of hydrogen-bond donors (Lipinski definition) is 2. The van der Waals surface area contributed by atoms with Crippen LogP contribution in [-0.4, -0.2) is 4.98 Å². The number of rotatable bonds is 2. The van der Waals surface area contributed by atoms with Crippen molar-refractivity contribution in [3.63, 3.8) is 0 Å². The first-order valence-electron chi connectivity index (χ1n) is 3.42. The van der Waals surface area contributed by atoms with E-state index in [-0.39, 0.29) is 11.7 Å². The minimum atomic E-state index is -2.87. The van der Waals surface area contributed by atoms with Gasteiger partial charge in [0, 0.05) is 11.8 Å². The molecule has 1 rings (SSSR count). The molecule has 13 heavy (non-hydrogen) atoms. The Morgan fingerprint density at radius 3 is 2.62 bits per heavy atom. The number of anilines is 1. The van der Waals surface area contributed by atoms with Gasteiger partial charge >= 0.3 is 0 Å². The van der Waals surface area contributed by atoms with E-state index < -0.39 is 17.4 Å². The van der Waals surface area contributed by atoms with Crippen molar-refractivity contribution >= 4 is 17.4 Å². The van der Waals surface area contributed by atoms with E-state index in [9.17, 15) is 13.6 Å². The summed E-state index contributed by atoms with van der Waals surface area (Å²) >= 11 is 5.39. The lowest BCUT2D eigenvalue weighted by molar-refractivity contribution is 0.150. The quantitative estimate of drug-likeness (QED) is 0.726. The fraction of sp³-hybridized carbons (Fsp3) is 0.286. The van der Waals surface area contributed by atoms with Crippen molar-refractivity contribution in [2.45, 2.75) is 12.3 Å². The van der Waals surface area contributed by atoms with E-state index in [2.05, 4.69) is 4.98 Å². The molecule has 0 aliphatic rings. The van der Waals surface area contributed by atoms with Crippen molar-refractivity contribution < 1.29 is 8.78 Å². The number of nitrogens with two attached hydrogens (primary N) is 1. The van der Waals surface area contributed by atoms with Crippen LogP contribution in [0.15, 0.2) is 10.9 Å². The fourth-order valence-corrected chi connectivity index (χ4v) is 1.09. The van der Waals surface area contributed by atoms with Crippen molar-refractivity contribution in [2.24, 2.45) is 0 Å². The molecule has 0 aliphatic carbocycles. The van der Waals surface area contributed by atoms with Crippen molar-refractivity contribution in [3.8, 4) is 0 Å². The number of H-pyrrole nitrogens is 1. The number of pyridine rings is 1. The zero-order chi connectivity index (χ0) is 10.0. The van der Waals surface area contributed by atoms with Crippen LogP contribution in [0.5, 0.6) is 0 Å². The van der Waals surface area contributed by atoms with Gasteiger partial charge in [0.05, 0.1) is 5.88 Å². The molecule has 0 bridgehead atoms. The Labute approximate surface area is 77.5 Å². The molecule has 1 heterocycles. The van der Waals surface area contributed by atoms with E-state index in [4.69, 9.17) is 17.3 Å². The van der Waals surface area contributed by atoms with Crippen LogP contribution in [0.4, 0.5) is 14.6 Å². The summed E-state index contributed by atoms with van der Waals surface area (Å²) in [6.45, 7) is 0. The van der Waals surface area contributed by atoms with E-state index in [1.165, 1.54) is 0 Å². The number of halogens is 3. The van der Waals surface area contributed by atoms with Crippen LogP contribution in [0.3, 0.4) is 0 Å². The minimum absolute atomic E-state index is 0.0307. The molecule has 72 valence electrons. The number of nitrogens with one attached hydrogen (secondary N) is 1. The highest BCUT2D eigenvalue weighted by Gasteiger charge is 2.16. The minimum Gasteiger partial charge on any atom is -0.385 e. The fourth-order valence-electron chi connectivity index (χ4n) is 0.942. The molecule has 0 aromatic carbocycles. The summed E-state index contributed by atoms with van der Waals surface area (Å²) in [5.74, 6) is -0.290. The van der Waals surface area contributed by atoms with Crippen molar-refractivity contribution in [3.05, 3.63) is 27.5 Å². The van der Waals surface area contributed by atoms with Crippen LogP contribution >= 0.6 is 11.6 Å². The van der Waals surface area contributed by atoms with Crippen LogP contribution in [0.2, 0.25) is 0 Å². The molecule has 0 atom stereocenters. The van der Waals surface area contributed by atoms with Gasteiger partial charge in [-0.05, 0) is 0 Å². The number of aromatic amines is 1. The Bertz CT molecular complexity index is 364. The highest BCUT2D eigenvalue weighted by atomic mass is 35.5. The lowest BCUT2D eigenvalue weighted by Crippen LogP contribution is -2.14. The first-order chi connectivity index (χ1) is 6.06. The normalized spacial score (nSPS) is 10.8. The predicted molar refractivity (Wildman–Crippen MR) is 46.0 cm³/mol. The molecule has 0 amide bonds. The molecule has 3 N–H and O–H groups in total. The van der Waals surface area contributed by atoms with Crippen molar-refractivity contribution in [1.82, 2.24) is 4.98 Å². The topological polar surface area (TPSA) is 58.9 Å². The highest BCUT2D eigenvalue weighted by Crippen LogP contribution is 2.19. The SMILES string of the molecule is Nc1[nH]c(CCl)cc(=O)c1C(F)F. The van der Waals surface area contributed by atoms with Gasteiger partial charge in [0.2, 0.25) is 0 Å². The molecule has 0 aliphatic heterocycles. The summed E-state index contributed by atoms with van der Waals surface area (Å²) in [6, 6.07) is 1.02. The molecule has 0 spiro atoms. The van der Waals surface area contributed by atoms with Crippen LogP contribution in [0.1, 0.15) is 17.7 Å². The molecule has 6 heteroatoms. The molecular formula is C7H7ClF2N2O. The van der Waals surface area contributed by atoms with Gasteiger partial charge in [-0.25, -0.2) is 8.78 Å². The molecule has 0 fully saturated rings. The van der Waals surface area contributed by atoms with Gasteiger partial charge in [-0.1, -0.05) is 0 Å². The third kappa shape index (κ3) is 1.98. The van der Waals surface area contributed by atoms with E-state index in [1.807, 2.05) is 0 Å². The Morgan fingerprint density at radius 1 is 1.62 bits per heavy atom. The van der Waals surface area contributed by atoms with E-state index in [0.29, 0.717) is 5.69 Å². The van der Waals surface area contributed by atoms with Crippen molar-refractivity contribution in [2.75, 3.05) is 5.73 Å². The molecule has 0 saturated carbocycles. The molecule has 1 aromatic rings. The number of alkyl halides is 3. The second kappa shape index (κ2) is 3.74. The van der Waals surface area contributed by atoms with E-state index in [0.717, 1.165) is 6.07 Å². The summed E-state index contributed by atoms with van der Waals surface area (Å²) in [6.07, 6.45) is -2.87. The van der Waals surface area contributed by atoms with Crippen LogP contribution in [0.25, 0.3) is 0 Å². The molecule has 0 saturated heterocycles. The highest BCUT2D eigenvalue weighted by molar-refractivity contribution is 6.16. The Hall–Kier alpha value is -1.10. The molecule has 1 aromatic heterocycles. The zero-order valence-corrected chi connectivity index (χ0v) is 7.24. The largest absolute Gasteiger partial charge is 0.385 e. The van der Waals surface area contributed by atoms with Gasteiger partial charge in [-0.15, -0.1) is 11.6 Å². The summed E-state index contributed by atoms with van der Waals surface area (Å²) in [5.41, 5.74) is 4.04. The predicted octanol–water partition coefficient (Wildman–Crippen LogP) is 1.63. The average Bonchev–Trinajstić information content (AvgIpc) is 2.02. The molecule has 3 nitrogen and oxygen atoms in total. The van der Waals surface area contributed by atoms with Crippen LogP contribution in [-0.2, 0) is 5.88 Å². The maximum atomic E-state index is 12.2. The second-order valence-corrected chi connectivity index (χ2v) is 2.69. The number of nitrogen functional groups attached to an aromatic ring is 1. The van der Waals surface area contributed by atoms with Crippen LogP contribution in [0, 0.1) is 0 Å². The lowest BCUT2D eigenvalue weighted by Gasteiger charge is -2.04. The number of aromatic nitrogens is 1. The Balaban J connectivity index is 3.32. The Kier molecular flexibility index (Phi) is 2.87. The first-order valence-corrected chi connectivity index (χ1v) is 3.95. The summed E-state index contributed by atoms with van der Waals surface area (Å²) < 4.78 is 24.4. The van der Waals surface area contributed by atoms with Gasteiger partial charge in [-0.2, -0.15) is 0 Å². The smallest absolute Gasteiger partial charge is 0.271 e. The monoisotopic (exact) mass is 208 g/mol. The first kappa shape index (κ1) is 9.98. The number of hydrogen-bond acceptors (Lipinski definition) is 2. The van der Waals surface area contributed by atoms with E-state index >= 15 is 0 Å². The average molecular weight is 209 g/mol. The van der Waals surface area contributed by atoms with E-state index in [1.54, 1.807) is 0 Å². The molecule has 0 radical (unpaired) electrons. The van der Waals surface area contributed by atoms with Gasteiger partial charge in [-0.3, -0.25) is 4.79 Å². The van der Waals surface area contributed by atoms with Gasteiger partial charge in [0.15, 0.2) is 5.43 Å². The van der Waals surface area contributed by atoms with Gasteiger partial charge in [0.25, 0.3) is 6.43 Å². The van der Waals surface area contributed by atoms with Crippen LogP contribution < -0.4 is 11.2 Å². The molecule has 0 unspecified atom stereocenters. The zero-order valence-electron chi connectivity index (χ0n) is 6.48. The van der Waals surface area contributed by atoms with Crippen molar-refractivity contribution in [1.29, 1.82) is 0 Å².